The van der Waals surface area contributed by atoms with Crippen LogP contribution >= 0.6 is 23.2 Å². The maximum atomic E-state index is 10.8. The number of hydrogen-bond donors (Lipinski definition) is 2. The number of nitrogen functional groups attached to an aromatic ring is 1. The molecule has 0 radical (unpaired) electrons. The van der Waals surface area contributed by atoms with Crippen molar-refractivity contribution >= 4 is 34.7 Å². The summed E-state index contributed by atoms with van der Waals surface area (Å²) >= 11 is 12.0. The number of benzene rings is 2. The Kier molecular flexibility index (Phi) is 4.86. The highest BCUT2D eigenvalue weighted by atomic mass is 35.5. The number of phenols is 1. The summed E-state index contributed by atoms with van der Waals surface area (Å²) in [5.41, 5.74) is 7.38. The van der Waals surface area contributed by atoms with Crippen LogP contribution in [-0.2, 0) is 0 Å². The molecule has 9 heteroatoms. The minimum absolute atomic E-state index is 0.0408. The van der Waals surface area contributed by atoms with Gasteiger partial charge in [-0.25, -0.2) is 4.98 Å². The molecule has 0 bridgehead atoms. The van der Waals surface area contributed by atoms with Gasteiger partial charge < -0.3 is 10.8 Å². The van der Waals surface area contributed by atoms with E-state index in [2.05, 4.69) is 4.98 Å². The molecule has 1 heterocycles. The molecule has 0 aliphatic heterocycles. The maximum Gasteiger partial charge on any atom is 0.269 e. The van der Waals surface area contributed by atoms with Crippen LogP contribution in [0, 0.1) is 21.4 Å². The average molecular weight is 401 g/mol. The predicted molar refractivity (Wildman–Crippen MR) is 103 cm³/mol. The van der Waals surface area contributed by atoms with E-state index in [0.717, 1.165) is 0 Å². The van der Waals surface area contributed by atoms with Crippen molar-refractivity contribution in [1.82, 2.24) is 4.98 Å². The van der Waals surface area contributed by atoms with Crippen molar-refractivity contribution in [3.63, 3.8) is 0 Å². The van der Waals surface area contributed by atoms with Gasteiger partial charge in [0.25, 0.3) is 5.69 Å². The number of nitriles is 1. The lowest BCUT2D eigenvalue weighted by Crippen LogP contribution is -2.00. The highest BCUT2D eigenvalue weighted by Crippen LogP contribution is 2.40. The number of hydrogen-bond acceptors (Lipinski definition) is 6. The van der Waals surface area contributed by atoms with Gasteiger partial charge in [-0.3, -0.25) is 10.1 Å². The largest absolute Gasteiger partial charge is 0.506 e. The Labute approximate surface area is 163 Å². The predicted octanol–water partition coefficient (Wildman–Crippen LogP) is 4.79. The topological polar surface area (TPSA) is 126 Å². The second kappa shape index (κ2) is 7.11. The van der Waals surface area contributed by atoms with Crippen molar-refractivity contribution in [3.05, 3.63) is 68.2 Å². The fourth-order valence-corrected chi connectivity index (χ4v) is 3.07. The van der Waals surface area contributed by atoms with Gasteiger partial charge in [0, 0.05) is 28.3 Å². The summed E-state index contributed by atoms with van der Waals surface area (Å²) in [4.78, 5) is 14.5. The van der Waals surface area contributed by atoms with Crippen LogP contribution in [0.2, 0.25) is 10.0 Å². The number of aromatic nitrogens is 1. The third kappa shape index (κ3) is 3.49. The summed E-state index contributed by atoms with van der Waals surface area (Å²) < 4.78 is 0. The zero-order chi connectivity index (χ0) is 19.7. The number of nitrogens with zero attached hydrogens (tertiary/aromatic N) is 3. The molecule has 0 saturated heterocycles. The number of halogens is 2. The van der Waals surface area contributed by atoms with E-state index in [9.17, 15) is 20.5 Å². The number of anilines is 1. The van der Waals surface area contributed by atoms with Gasteiger partial charge in [-0.1, -0.05) is 23.2 Å². The summed E-state index contributed by atoms with van der Waals surface area (Å²) in [6.07, 6.45) is 0. The van der Waals surface area contributed by atoms with E-state index >= 15 is 0 Å². The molecule has 0 aliphatic rings. The minimum Gasteiger partial charge on any atom is -0.506 e. The number of nitro benzene ring substituents is 1. The third-order valence-electron chi connectivity index (χ3n) is 3.85. The van der Waals surface area contributed by atoms with Crippen molar-refractivity contribution in [3.8, 4) is 34.2 Å². The molecule has 0 saturated carbocycles. The van der Waals surface area contributed by atoms with Gasteiger partial charge in [-0.15, -0.1) is 0 Å². The Morgan fingerprint density at radius 1 is 1.15 bits per heavy atom. The van der Waals surface area contributed by atoms with Crippen LogP contribution in [0.5, 0.6) is 5.75 Å². The summed E-state index contributed by atoms with van der Waals surface area (Å²) in [7, 11) is 0. The summed E-state index contributed by atoms with van der Waals surface area (Å²) in [5.74, 6) is -0.286. The first-order valence-corrected chi connectivity index (χ1v) is 8.21. The molecule has 2 aromatic carbocycles. The van der Waals surface area contributed by atoms with Crippen LogP contribution in [0.15, 0.2) is 42.5 Å². The molecule has 3 aromatic rings. The van der Waals surface area contributed by atoms with Crippen LogP contribution in [0.4, 0.5) is 11.5 Å². The quantitative estimate of drug-likeness (QED) is 0.480. The smallest absolute Gasteiger partial charge is 0.269 e. The highest BCUT2D eigenvalue weighted by molar-refractivity contribution is 6.36. The van der Waals surface area contributed by atoms with Gasteiger partial charge >= 0.3 is 0 Å². The van der Waals surface area contributed by atoms with E-state index < -0.39 is 4.92 Å². The van der Waals surface area contributed by atoms with Crippen molar-refractivity contribution < 1.29 is 10.0 Å². The molecule has 3 rings (SSSR count). The van der Waals surface area contributed by atoms with Crippen LogP contribution in [-0.4, -0.2) is 15.0 Å². The third-order valence-corrected chi connectivity index (χ3v) is 4.36. The summed E-state index contributed by atoms with van der Waals surface area (Å²) in [6, 6.07) is 12.0. The molecule has 1 aromatic heterocycles. The molecule has 0 amide bonds. The number of non-ortho nitro benzene ring substituents is 1. The molecule has 0 atom stereocenters. The van der Waals surface area contributed by atoms with Crippen LogP contribution in [0.3, 0.4) is 0 Å². The van der Waals surface area contributed by atoms with Gasteiger partial charge in [-0.2, -0.15) is 5.26 Å². The molecule has 3 N–H and O–H groups in total. The van der Waals surface area contributed by atoms with Gasteiger partial charge in [0.15, 0.2) is 0 Å². The van der Waals surface area contributed by atoms with E-state index in [-0.39, 0.29) is 44.1 Å². The number of phenolic OH excluding ortho intramolecular Hbond substituents is 1. The SMILES string of the molecule is N#Cc1c(-c2ccc([N+](=O)[O-])cc2)cc(-c2cc(Cl)cc(Cl)c2O)nc1N. The number of rotatable bonds is 3. The van der Waals surface area contributed by atoms with E-state index in [1.54, 1.807) is 0 Å². The Hall–Kier alpha value is -3.34. The number of pyridine rings is 1. The van der Waals surface area contributed by atoms with E-state index in [1.165, 1.54) is 42.5 Å². The molecule has 27 heavy (non-hydrogen) atoms. The highest BCUT2D eigenvalue weighted by Gasteiger charge is 2.18. The lowest BCUT2D eigenvalue weighted by Gasteiger charge is -2.12. The summed E-state index contributed by atoms with van der Waals surface area (Å²) in [5, 5.41) is 30.8. The van der Waals surface area contributed by atoms with Gasteiger partial charge in [-0.05, 0) is 35.9 Å². The first-order chi connectivity index (χ1) is 12.8. The van der Waals surface area contributed by atoms with Crippen molar-refractivity contribution in [2.24, 2.45) is 0 Å². The molecular weight excluding hydrogens is 391 g/mol. The van der Waals surface area contributed by atoms with Gasteiger partial charge in [0.2, 0.25) is 0 Å². The van der Waals surface area contributed by atoms with Crippen molar-refractivity contribution in [2.75, 3.05) is 5.73 Å². The molecule has 0 aliphatic carbocycles. The number of nitrogens with two attached hydrogens (primary N) is 1. The molecule has 0 fully saturated rings. The van der Waals surface area contributed by atoms with E-state index in [1.807, 2.05) is 6.07 Å². The fourth-order valence-electron chi connectivity index (χ4n) is 2.57. The van der Waals surface area contributed by atoms with Gasteiger partial charge in [0.05, 0.1) is 15.6 Å². The van der Waals surface area contributed by atoms with Crippen LogP contribution in [0.25, 0.3) is 22.4 Å². The Morgan fingerprint density at radius 3 is 2.41 bits per heavy atom. The molecule has 0 spiro atoms. The lowest BCUT2D eigenvalue weighted by atomic mass is 9.98. The van der Waals surface area contributed by atoms with Crippen LogP contribution < -0.4 is 5.73 Å². The zero-order valence-electron chi connectivity index (χ0n) is 13.5. The Morgan fingerprint density at radius 2 is 1.81 bits per heavy atom. The van der Waals surface area contributed by atoms with Crippen molar-refractivity contribution in [1.29, 1.82) is 5.26 Å². The van der Waals surface area contributed by atoms with E-state index in [0.29, 0.717) is 11.1 Å². The number of nitro groups is 1. The Bertz CT molecular complexity index is 1110. The molecular formula is C18H10Cl2N4O3. The fraction of sp³-hybridized carbons (Fsp3) is 0. The zero-order valence-corrected chi connectivity index (χ0v) is 15.0. The second-order valence-electron chi connectivity index (χ2n) is 5.51. The second-order valence-corrected chi connectivity index (χ2v) is 6.36. The first kappa shape index (κ1) is 18.5. The van der Waals surface area contributed by atoms with Gasteiger partial charge in [0.1, 0.15) is 23.2 Å². The molecule has 134 valence electrons. The van der Waals surface area contributed by atoms with E-state index in [4.69, 9.17) is 28.9 Å². The number of aromatic hydroxyl groups is 1. The average Bonchev–Trinajstić information content (AvgIpc) is 2.64. The molecule has 7 nitrogen and oxygen atoms in total. The van der Waals surface area contributed by atoms with Crippen LogP contribution in [0.1, 0.15) is 5.56 Å². The normalized spacial score (nSPS) is 10.4. The minimum atomic E-state index is -0.521. The lowest BCUT2D eigenvalue weighted by molar-refractivity contribution is -0.384. The maximum absolute atomic E-state index is 10.8. The first-order valence-electron chi connectivity index (χ1n) is 7.45. The standard InChI is InChI=1S/C18H10Cl2N4O3/c19-10-5-13(17(25)15(20)6-10)16-7-12(14(8-21)18(22)23-16)9-1-3-11(4-2-9)24(26)27/h1-7,25H,(H2,22,23). The Balaban J connectivity index is 2.24. The summed E-state index contributed by atoms with van der Waals surface area (Å²) in [6.45, 7) is 0. The molecule has 0 unspecified atom stereocenters. The monoisotopic (exact) mass is 400 g/mol. The van der Waals surface area contributed by atoms with Crippen molar-refractivity contribution in [2.45, 2.75) is 0 Å².